The lowest BCUT2D eigenvalue weighted by molar-refractivity contribution is -0.118. The van der Waals surface area contributed by atoms with Gasteiger partial charge in [0.15, 0.2) is 0 Å². The highest BCUT2D eigenvalue weighted by molar-refractivity contribution is 7.89. The Morgan fingerprint density at radius 1 is 1.53 bits per heavy atom. The summed E-state index contributed by atoms with van der Waals surface area (Å²) in [5.41, 5.74) is 0. The minimum atomic E-state index is -3.80. The summed E-state index contributed by atoms with van der Waals surface area (Å²) in [6.45, 7) is 2.53. The van der Waals surface area contributed by atoms with E-state index in [4.69, 9.17) is 5.14 Å². The molecule has 106 valence electrons. The van der Waals surface area contributed by atoms with E-state index in [0.717, 1.165) is 0 Å². The molecule has 0 aliphatic carbocycles. The molecule has 1 rings (SSSR count). The van der Waals surface area contributed by atoms with Crippen molar-refractivity contribution in [1.82, 2.24) is 10.3 Å². The number of hydrogen-bond donors (Lipinski definition) is 2. The first kappa shape index (κ1) is 15.4. The molecule has 1 aromatic rings. The van der Waals surface area contributed by atoms with E-state index in [0.29, 0.717) is 25.3 Å². The summed E-state index contributed by atoms with van der Waals surface area (Å²) in [6, 6.07) is 2.94. The van der Waals surface area contributed by atoms with Crippen LogP contribution in [-0.2, 0) is 14.8 Å². The molecule has 0 radical (unpaired) electrons. The fraction of sp³-hybridized carbons (Fsp3) is 0.455. The maximum Gasteiger partial charge on any atom is 0.241 e. The molecule has 0 fully saturated rings. The van der Waals surface area contributed by atoms with Crippen LogP contribution in [-0.4, -0.2) is 39.4 Å². The van der Waals surface area contributed by atoms with Crippen molar-refractivity contribution in [3.05, 3.63) is 18.3 Å². The number of carbonyl (C=O) groups excluding carboxylic acids is 1. The average Bonchev–Trinajstić information content (AvgIpc) is 2.33. The Bertz CT molecular complexity index is 545. The van der Waals surface area contributed by atoms with Crippen LogP contribution in [0.1, 0.15) is 13.3 Å². The molecule has 1 heterocycles. The van der Waals surface area contributed by atoms with Gasteiger partial charge in [0, 0.05) is 33.3 Å². The van der Waals surface area contributed by atoms with Crippen molar-refractivity contribution >= 4 is 21.7 Å². The van der Waals surface area contributed by atoms with Crippen molar-refractivity contribution in [3.63, 3.8) is 0 Å². The zero-order chi connectivity index (χ0) is 14.5. The van der Waals surface area contributed by atoms with Gasteiger partial charge in [-0.2, -0.15) is 0 Å². The third kappa shape index (κ3) is 4.84. The van der Waals surface area contributed by atoms with Crippen molar-refractivity contribution in [2.45, 2.75) is 18.2 Å². The normalized spacial score (nSPS) is 11.1. The summed E-state index contributed by atoms with van der Waals surface area (Å²) in [7, 11) is -2.07. The number of aromatic nitrogens is 1. The molecule has 19 heavy (non-hydrogen) atoms. The second-order valence-corrected chi connectivity index (χ2v) is 5.66. The lowest BCUT2D eigenvalue weighted by Gasteiger charge is -2.20. The number of nitrogens with one attached hydrogen (secondary N) is 1. The Morgan fingerprint density at radius 3 is 2.79 bits per heavy atom. The smallest absolute Gasteiger partial charge is 0.241 e. The molecule has 1 aromatic heterocycles. The minimum Gasteiger partial charge on any atom is -0.358 e. The molecule has 1 amide bonds. The first-order valence-corrected chi connectivity index (χ1v) is 7.30. The fourth-order valence-electron chi connectivity index (χ4n) is 1.58. The largest absolute Gasteiger partial charge is 0.358 e. The van der Waals surface area contributed by atoms with Gasteiger partial charge in [0.2, 0.25) is 15.9 Å². The summed E-state index contributed by atoms with van der Waals surface area (Å²) in [6.07, 6.45) is 2.19. The molecule has 0 bridgehead atoms. The molecule has 7 nitrogen and oxygen atoms in total. The van der Waals surface area contributed by atoms with E-state index in [1.54, 1.807) is 11.9 Å². The van der Waals surface area contributed by atoms with E-state index in [9.17, 15) is 13.2 Å². The van der Waals surface area contributed by atoms with E-state index >= 15 is 0 Å². The lowest BCUT2D eigenvalue weighted by atomic mass is 10.3. The third-order valence-corrected chi connectivity index (χ3v) is 3.39. The number of primary sulfonamides is 1. The predicted molar refractivity (Wildman–Crippen MR) is 72.2 cm³/mol. The molecule has 8 heteroatoms. The van der Waals surface area contributed by atoms with Gasteiger partial charge in [0.25, 0.3) is 0 Å². The topological polar surface area (TPSA) is 105 Å². The summed E-state index contributed by atoms with van der Waals surface area (Å²) in [5, 5.41) is 7.81. The van der Waals surface area contributed by atoms with E-state index in [2.05, 4.69) is 10.3 Å². The van der Waals surface area contributed by atoms with Crippen molar-refractivity contribution in [2.75, 3.05) is 25.0 Å². The van der Waals surface area contributed by atoms with E-state index in [-0.39, 0.29) is 10.8 Å². The van der Waals surface area contributed by atoms with Crippen LogP contribution < -0.4 is 15.4 Å². The van der Waals surface area contributed by atoms with Crippen LogP contribution in [0.4, 0.5) is 5.82 Å². The number of hydrogen-bond acceptors (Lipinski definition) is 5. The van der Waals surface area contributed by atoms with E-state index in [1.807, 2.05) is 0 Å². The van der Waals surface area contributed by atoms with Gasteiger partial charge in [-0.3, -0.25) is 4.79 Å². The maximum absolute atomic E-state index is 11.4. The van der Waals surface area contributed by atoms with Gasteiger partial charge < -0.3 is 10.2 Å². The average molecular weight is 286 g/mol. The number of nitrogens with zero attached hydrogens (tertiary/aromatic N) is 2. The SMILES string of the molecule is CC(=O)NCCCN(C)c1ncccc1S(N)(=O)=O. The Kier molecular flexibility index (Phi) is 5.25. The highest BCUT2D eigenvalue weighted by atomic mass is 32.2. The molecule has 0 spiro atoms. The Labute approximate surface area is 112 Å². The zero-order valence-electron chi connectivity index (χ0n) is 11.0. The standard InChI is InChI=1S/C11H18N4O3S/c1-9(16)13-7-4-8-15(2)11-10(19(12,17)18)5-3-6-14-11/h3,5-6H,4,7-8H2,1-2H3,(H,13,16)(H2,12,17,18). The predicted octanol–water partition coefficient (Wildman–Crippen LogP) is -0.309. The van der Waals surface area contributed by atoms with Crippen LogP contribution in [0.5, 0.6) is 0 Å². The van der Waals surface area contributed by atoms with Crippen LogP contribution in [0, 0.1) is 0 Å². The number of carbonyl (C=O) groups is 1. The quantitative estimate of drug-likeness (QED) is 0.698. The number of nitrogens with two attached hydrogens (primary N) is 1. The van der Waals surface area contributed by atoms with Crippen LogP contribution in [0.25, 0.3) is 0 Å². The monoisotopic (exact) mass is 286 g/mol. The number of sulfonamides is 1. The molecule has 0 aliphatic heterocycles. The van der Waals surface area contributed by atoms with Crippen molar-refractivity contribution < 1.29 is 13.2 Å². The van der Waals surface area contributed by atoms with Crippen molar-refractivity contribution in [3.8, 4) is 0 Å². The zero-order valence-corrected chi connectivity index (χ0v) is 11.8. The molecule has 0 saturated carbocycles. The van der Waals surface area contributed by atoms with Crippen molar-refractivity contribution in [1.29, 1.82) is 0 Å². The summed E-state index contributed by atoms with van der Waals surface area (Å²) < 4.78 is 22.9. The number of pyridine rings is 1. The van der Waals surface area contributed by atoms with Gasteiger partial charge in [-0.25, -0.2) is 18.5 Å². The van der Waals surface area contributed by atoms with Gasteiger partial charge in [0.05, 0.1) is 0 Å². The van der Waals surface area contributed by atoms with Gasteiger partial charge in [-0.1, -0.05) is 0 Å². The van der Waals surface area contributed by atoms with E-state index in [1.165, 1.54) is 25.3 Å². The van der Waals surface area contributed by atoms with Gasteiger partial charge in [-0.15, -0.1) is 0 Å². The molecule has 0 aromatic carbocycles. The highest BCUT2D eigenvalue weighted by Crippen LogP contribution is 2.19. The molecule has 0 aliphatic rings. The number of rotatable bonds is 6. The van der Waals surface area contributed by atoms with Crippen molar-refractivity contribution in [2.24, 2.45) is 5.14 Å². The Balaban J connectivity index is 2.72. The second-order valence-electron chi connectivity index (χ2n) is 4.13. The van der Waals surface area contributed by atoms with Gasteiger partial charge >= 0.3 is 0 Å². The summed E-state index contributed by atoms with van der Waals surface area (Å²) in [4.78, 5) is 16.4. The molecule has 0 atom stereocenters. The molecular formula is C11H18N4O3S. The molecular weight excluding hydrogens is 268 g/mol. The Morgan fingerprint density at radius 2 is 2.21 bits per heavy atom. The van der Waals surface area contributed by atoms with Crippen LogP contribution in [0.15, 0.2) is 23.2 Å². The lowest BCUT2D eigenvalue weighted by Crippen LogP contribution is -2.28. The second kappa shape index (κ2) is 6.48. The first-order chi connectivity index (χ1) is 8.82. The summed E-state index contributed by atoms with van der Waals surface area (Å²) in [5.74, 6) is 0.221. The number of anilines is 1. The van der Waals surface area contributed by atoms with Crippen LogP contribution in [0.3, 0.4) is 0 Å². The highest BCUT2D eigenvalue weighted by Gasteiger charge is 2.17. The number of amides is 1. The minimum absolute atomic E-state index is 0.00275. The molecule has 0 saturated heterocycles. The maximum atomic E-state index is 11.4. The van der Waals surface area contributed by atoms with E-state index < -0.39 is 10.0 Å². The third-order valence-electron chi connectivity index (χ3n) is 2.46. The first-order valence-electron chi connectivity index (χ1n) is 5.76. The van der Waals surface area contributed by atoms with Gasteiger partial charge in [-0.05, 0) is 18.6 Å². The van der Waals surface area contributed by atoms with Crippen LogP contribution in [0.2, 0.25) is 0 Å². The molecule has 3 N–H and O–H groups in total. The Hall–Kier alpha value is -1.67. The van der Waals surface area contributed by atoms with Crippen LogP contribution >= 0.6 is 0 Å². The summed E-state index contributed by atoms with van der Waals surface area (Å²) >= 11 is 0. The molecule has 0 unspecified atom stereocenters. The van der Waals surface area contributed by atoms with Gasteiger partial charge in [0.1, 0.15) is 10.7 Å². The fourth-order valence-corrected chi connectivity index (χ4v) is 2.31.